The Morgan fingerprint density at radius 2 is 2.04 bits per heavy atom. The fourth-order valence-corrected chi connectivity index (χ4v) is 4.39. The molecule has 1 aliphatic carbocycles. The van der Waals surface area contributed by atoms with E-state index in [9.17, 15) is 4.79 Å². The van der Waals surface area contributed by atoms with Crippen molar-refractivity contribution in [1.29, 1.82) is 0 Å². The topological polar surface area (TPSA) is 86.8 Å². The maximum atomic E-state index is 10.6. The summed E-state index contributed by atoms with van der Waals surface area (Å²) >= 11 is 0. The van der Waals surface area contributed by atoms with E-state index >= 15 is 0 Å². The molecule has 2 aliphatic heterocycles. The summed E-state index contributed by atoms with van der Waals surface area (Å²) in [6.45, 7) is 0.748. The molecule has 0 aromatic carbocycles. The van der Waals surface area contributed by atoms with Crippen LogP contribution in [-0.4, -0.2) is 62.8 Å². The number of carboxylic acids is 1. The Morgan fingerprint density at radius 1 is 1.22 bits per heavy atom. The van der Waals surface area contributed by atoms with Gasteiger partial charge in [0, 0.05) is 39.1 Å². The molecule has 1 saturated carbocycles. The summed E-state index contributed by atoms with van der Waals surface area (Å²) in [5, 5.41) is 8.70. The smallest absolute Gasteiger partial charge is 0.303 e. The van der Waals surface area contributed by atoms with Gasteiger partial charge in [0.15, 0.2) is 12.6 Å². The van der Waals surface area contributed by atoms with Gasteiger partial charge in [-0.2, -0.15) is 0 Å². The quantitative estimate of drug-likeness (QED) is 0.254. The lowest BCUT2D eigenvalue weighted by molar-refractivity contribution is -0.238. The highest BCUT2D eigenvalue weighted by Crippen LogP contribution is 2.52. The minimum absolute atomic E-state index is 0.0814. The number of fused-ring (bicyclic) bond motifs is 1. The van der Waals surface area contributed by atoms with Gasteiger partial charge in [0.05, 0.1) is 12.2 Å². The van der Waals surface area contributed by atoms with Gasteiger partial charge in [0.1, 0.15) is 6.10 Å². The van der Waals surface area contributed by atoms with Gasteiger partial charge in [-0.25, -0.2) is 0 Å². The van der Waals surface area contributed by atoms with Crippen LogP contribution in [0.3, 0.4) is 0 Å². The number of unbranched alkanes of at least 4 members (excludes halogenated alkanes) is 1. The normalized spacial score (nSPS) is 35.7. The molecule has 0 aromatic heterocycles. The average molecular weight is 384 g/mol. The monoisotopic (exact) mass is 384 g/mol. The number of epoxide rings is 1. The van der Waals surface area contributed by atoms with E-state index in [2.05, 4.69) is 12.2 Å². The van der Waals surface area contributed by atoms with Crippen molar-refractivity contribution in [3.05, 3.63) is 12.2 Å². The molecule has 27 heavy (non-hydrogen) atoms. The molecular formula is C20H32O7. The lowest BCUT2D eigenvalue weighted by atomic mass is 9.89. The van der Waals surface area contributed by atoms with E-state index in [1.54, 1.807) is 14.2 Å². The van der Waals surface area contributed by atoms with Gasteiger partial charge >= 0.3 is 5.97 Å². The standard InChI is InChI=1S/C20H32O7/c1-23-20(24-2)16-13(9-5-3-4-6-10-14(21)22)17-19(27-17)18(16)26-15-11-7-8-12-25-15/h3,5,13,15-20H,4,6-12H2,1-2H3,(H,21,22)/t13-,15?,16-,17-,18+,19-/m1/s1. The van der Waals surface area contributed by atoms with Crippen LogP contribution in [0.1, 0.15) is 44.9 Å². The van der Waals surface area contributed by atoms with Gasteiger partial charge in [0.25, 0.3) is 0 Å². The van der Waals surface area contributed by atoms with Crippen LogP contribution >= 0.6 is 0 Å². The van der Waals surface area contributed by atoms with E-state index in [1.807, 2.05) is 0 Å². The Hall–Kier alpha value is -0.990. The number of hydrogen-bond donors (Lipinski definition) is 1. The number of allylic oxidation sites excluding steroid dienone is 2. The second-order valence-electron chi connectivity index (χ2n) is 7.54. The minimum Gasteiger partial charge on any atom is -0.481 e. The lowest BCUT2D eigenvalue weighted by Crippen LogP contribution is -2.42. The molecule has 0 bridgehead atoms. The highest BCUT2D eigenvalue weighted by molar-refractivity contribution is 5.66. The van der Waals surface area contributed by atoms with Gasteiger partial charge in [-0.05, 0) is 38.5 Å². The van der Waals surface area contributed by atoms with Gasteiger partial charge in [-0.15, -0.1) is 0 Å². The molecule has 7 nitrogen and oxygen atoms in total. The van der Waals surface area contributed by atoms with Crippen LogP contribution in [0.15, 0.2) is 12.2 Å². The van der Waals surface area contributed by atoms with Gasteiger partial charge in [0.2, 0.25) is 0 Å². The highest BCUT2D eigenvalue weighted by Gasteiger charge is 2.64. The molecule has 6 atom stereocenters. The van der Waals surface area contributed by atoms with Crippen molar-refractivity contribution in [2.75, 3.05) is 20.8 Å². The van der Waals surface area contributed by atoms with Crippen LogP contribution in [-0.2, 0) is 28.5 Å². The highest BCUT2D eigenvalue weighted by atomic mass is 16.7. The van der Waals surface area contributed by atoms with Crippen molar-refractivity contribution in [2.24, 2.45) is 11.8 Å². The van der Waals surface area contributed by atoms with E-state index in [1.165, 1.54) is 0 Å². The number of ether oxygens (including phenoxy) is 5. The number of methoxy groups -OCH3 is 2. The van der Waals surface area contributed by atoms with Crippen molar-refractivity contribution in [1.82, 2.24) is 0 Å². The van der Waals surface area contributed by atoms with Crippen LogP contribution in [0, 0.1) is 11.8 Å². The van der Waals surface area contributed by atoms with Gasteiger partial charge in [-0.1, -0.05) is 12.2 Å². The molecule has 2 heterocycles. The minimum atomic E-state index is -0.749. The first-order valence-electron chi connectivity index (χ1n) is 10.0. The molecule has 0 amide bonds. The number of carbonyl (C=O) groups is 1. The summed E-state index contributed by atoms with van der Waals surface area (Å²) in [4.78, 5) is 10.6. The van der Waals surface area contributed by atoms with Crippen molar-refractivity contribution in [2.45, 2.75) is 75.8 Å². The molecule has 3 rings (SSSR count). The van der Waals surface area contributed by atoms with Crippen molar-refractivity contribution >= 4 is 5.97 Å². The second-order valence-corrected chi connectivity index (χ2v) is 7.54. The van der Waals surface area contributed by atoms with Gasteiger partial charge in [-0.3, -0.25) is 4.79 Å². The maximum absolute atomic E-state index is 10.6. The van der Waals surface area contributed by atoms with E-state index in [0.29, 0.717) is 6.42 Å². The van der Waals surface area contributed by atoms with E-state index in [-0.39, 0.29) is 49.1 Å². The summed E-state index contributed by atoms with van der Waals surface area (Å²) in [5.74, 6) is -0.413. The van der Waals surface area contributed by atoms with E-state index < -0.39 is 5.97 Å². The number of hydrogen-bond acceptors (Lipinski definition) is 6. The van der Waals surface area contributed by atoms with Crippen molar-refractivity contribution < 1.29 is 33.6 Å². The number of aliphatic carboxylic acids is 1. The Balaban J connectivity index is 1.58. The third-order valence-corrected chi connectivity index (χ3v) is 5.74. The Kier molecular flexibility index (Phi) is 7.66. The Morgan fingerprint density at radius 3 is 2.70 bits per heavy atom. The summed E-state index contributed by atoms with van der Waals surface area (Å²) in [6.07, 6.45) is 9.43. The van der Waals surface area contributed by atoms with Crippen LogP contribution in [0.5, 0.6) is 0 Å². The molecule has 1 N–H and O–H groups in total. The largest absolute Gasteiger partial charge is 0.481 e. The van der Waals surface area contributed by atoms with Gasteiger partial charge < -0.3 is 28.8 Å². The number of rotatable bonds is 11. The lowest BCUT2D eigenvalue weighted by Gasteiger charge is -2.35. The third kappa shape index (κ3) is 5.29. The molecule has 3 aliphatic rings. The zero-order valence-corrected chi connectivity index (χ0v) is 16.2. The zero-order valence-electron chi connectivity index (χ0n) is 16.2. The van der Waals surface area contributed by atoms with Crippen LogP contribution in [0.25, 0.3) is 0 Å². The van der Waals surface area contributed by atoms with Crippen LogP contribution in [0.4, 0.5) is 0 Å². The summed E-state index contributed by atoms with van der Waals surface area (Å²) in [7, 11) is 3.32. The molecule has 1 unspecified atom stereocenters. The molecular weight excluding hydrogens is 352 g/mol. The number of carboxylic acid groups (broad SMARTS) is 1. The molecule has 3 fully saturated rings. The SMILES string of the molecule is COC(OC)[C@@H]1[C@@H](CC=CCCCC(=O)O)[C@H]2O[C@H]2[C@H]1OC1CCCCO1. The second kappa shape index (κ2) is 9.98. The Labute approximate surface area is 160 Å². The molecule has 2 saturated heterocycles. The Bertz CT molecular complexity index is 499. The molecule has 0 aromatic rings. The first kappa shape index (κ1) is 20.7. The average Bonchev–Trinajstić information content (AvgIpc) is 3.40. The third-order valence-electron chi connectivity index (χ3n) is 5.74. The van der Waals surface area contributed by atoms with Crippen molar-refractivity contribution in [3.8, 4) is 0 Å². The van der Waals surface area contributed by atoms with Crippen LogP contribution in [0.2, 0.25) is 0 Å². The molecule has 154 valence electrons. The van der Waals surface area contributed by atoms with Crippen LogP contribution < -0.4 is 0 Å². The predicted octanol–water partition coefficient (Wildman–Crippen LogP) is 2.73. The molecule has 7 heteroatoms. The predicted molar refractivity (Wildman–Crippen MR) is 97.2 cm³/mol. The summed E-state index contributed by atoms with van der Waals surface area (Å²) in [6, 6.07) is 0. The fraction of sp³-hybridized carbons (Fsp3) is 0.850. The van der Waals surface area contributed by atoms with E-state index in [0.717, 1.165) is 38.7 Å². The zero-order chi connectivity index (χ0) is 19.2. The fourth-order valence-electron chi connectivity index (χ4n) is 4.39. The molecule has 0 spiro atoms. The first-order chi connectivity index (χ1) is 13.2. The summed E-state index contributed by atoms with van der Waals surface area (Å²) in [5.41, 5.74) is 0. The summed E-state index contributed by atoms with van der Waals surface area (Å²) < 4.78 is 29.1. The van der Waals surface area contributed by atoms with Crippen molar-refractivity contribution in [3.63, 3.8) is 0 Å². The first-order valence-corrected chi connectivity index (χ1v) is 10.0. The maximum Gasteiger partial charge on any atom is 0.303 e. The molecule has 0 radical (unpaired) electrons. The van der Waals surface area contributed by atoms with E-state index in [4.69, 9.17) is 28.8 Å².